The van der Waals surface area contributed by atoms with Crippen LogP contribution in [0, 0.1) is 23.4 Å². The van der Waals surface area contributed by atoms with Crippen LogP contribution in [0.25, 0.3) is 0 Å². The Kier molecular flexibility index (Phi) is 4.70. The van der Waals surface area contributed by atoms with Crippen LogP contribution in [0.4, 0.5) is 13.2 Å². The van der Waals surface area contributed by atoms with Gasteiger partial charge in [-0.25, -0.2) is 13.2 Å². The van der Waals surface area contributed by atoms with Crippen LogP contribution >= 0.6 is 0 Å². The Labute approximate surface area is 127 Å². The maximum Gasteiger partial charge on any atom is 0.194 e. The average molecular weight is 315 g/mol. The Morgan fingerprint density at radius 2 is 1.45 bits per heavy atom. The highest BCUT2D eigenvalue weighted by Crippen LogP contribution is 2.39. The normalized spacial score (nSPS) is 32.9. The zero-order valence-electron chi connectivity index (χ0n) is 12.2. The summed E-state index contributed by atoms with van der Waals surface area (Å²) in [6, 6.07) is 2.14. The number of rotatable bonds is 2. The van der Waals surface area contributed by atoms with Gasteiger partial charge in [0.25, 0.3) is 0 Å². The van der Waals surface area contributed by atoms with Gasteiger partial charge in [0.05, 0.1) is 19.3 Å². The predicted molar refractivity (Wildman–Crippen MR) is 74.7 cm³/mol. The van der Waals surface area contributed by atoms with Crippen molar-refractivity contribution < 1.29 is 22.6 Å². The fourth-order valence-corrected chi connectivity index (χ4v) is 3.34. The van der Waals surface area contributed by atoms with Crippen LogP contribution in [-0.4, -0.2) is 25.5 Å². The number of benzene rings is 1. The van der Waals surface area contributed by atoms with Gasteiger partial charge in [-0.3, -0.25) is 0 Å². The highest BCUT2D eigenvalue weighted by atomic mass is 19.2. The average Bonchev–Trinajstić information content (AvgIpc) is 2.53. The summed E-state index contributed by atoms with van der Waals surface area (Å²) >= 11 is 0. The van der Waals surface area contributed by atoms with Gasteiger partial charge >= 0.3 is 0 Å². The summed E-state index contributed by atoms with van der Waals surface area (Å²) in [5, 5.41) is 0. The van der Waals surface area contributed by atoms with Gasteiger partial charge in [0.15, 0.2) is 23.7 Å². The molecule has 0 atom stereocenters. The van der Waals surface area contributed by atoms with Crippen molar-refractivity contribution in [2.75, 3.05) is 13.2 Å². The highest BCUT2D eigenvalue weighted by Gasteiger charge is 2.32. The molecule has 0 aromatic heterocycles. The van der Waals surface area contributed by atoms with E-state index in [0.29, 0.717) is 18.8 Å². The highest BCUT2D eigenvalue weighted by molar-refractivity contribution is 5.23. The lowest BCUT2D eigenvalue weighted by Gasteiger charge is -2.37. The van der Waals surface area contributed by atoms with Gasteiger partial charge in [-0.2, -0.15) is 0 Å². The summed E-state index contributed by atoms with van der Waals surface area (Å²) < 4.78 is 50.9. The molecule has 122 valence electrons. The molecule has 1 heterocycles. The minimum absolute atomic E-state index is 0.0479. The van der Waals surface area contributed by atoms with Crippen LogP contribution in [0.15, 0.2) is 12.1 Å². The van der Waals surface area contributed by atoms with E-state index in [-0.39, 0.29) is 24.2 Å². The maximum absolute atomic E-state index is 13.3. The fourth-order valence-electron chi connectivity index (χ4n) is 3.34. The van der Waals surface area contributed by atoms with Crippen molar-refractivity contribution in [3.05, 3.63) is 35.1 Å². The molecule has 1 aromatic carbocycles. The van der Waals surface area contributed by atoms with Gasteiger partial charge in [0.1, 0.15) is 0 Å². The standard InChI is InChI=1S/C16H20F3NO2/c17-13-5-11(6-14(18)15(13)19)9-1-3-10(4-2-9)16-21-7-12(20)8-22-16/h5-6,9-10,12,16H,1-4,7-8,20H2. The zero-order valence-corrected chi connectivity index (χ0v) is 12.2. The van der Waals surface area contributed by atoms with Crippen molar-refractivity contribution in [1.29, 1.82) is 0 Å². The molecule has 2 fully saturated rings. The minimum Gasteiger partial charge on any atom is -0.351 e. The number of hydrogen-bond donors (Lipinski definition) is 1. The van der Waals surface area contributed by atoms with Gasteiger partial charge in [0, 0.05) is 5.92 Å². The number of ether oxygens (including phenoxy) is 2. The van der Waals surface area contributed by atoms with Crippen molar-refractivity contribution in [2.45, 2.75) is 43.9 Å². The molecule has 6 heteroatoms. The summed E-state index contributed by atoms with van der Waals surface area (Å²) in [5.74, 6) is -3.32. The summed E-state index contributed by atoms with van der Waals surface area (Å²) in [6.45, 7) is 0.998. The molecule has 3 nitrogen and oxygen atoms in total. The molecule has 2 N–H and O–H groups in total. The lowest BCUT2D eigenvalue weighted by molar-refractivity contribution is -0.215. The van der Waals surface area contributed by atoms with Gasteiger partial charge in [-0.05, 0) is 49.3 Å². The third-order valence-electron chi connectivity index (χ3n) is 4.58. The van der Waals surface area contributed by atoms with E-state index in [9.17, 15) is 13.2 Å². The molecule has 0 unspecified atom stereocenters. The molecule has 0 amide bonds. The van der Waals surface area contributed by atoms with Crippen LogP contribution in [0.5, 0.6) is 0 Å². The maximum atomic E-state index is 13.3. The molecule has 1 aliphatic heterocycles. The van der Waals surface area contributed by atoms with Gasteiger partial charge in [-0.1, -0.05) is 0 Å². The first-order valence-corrected chi connectivity index (χ1v) is 7.68. The van der Waals surface area contributed by atoms with E-state index in [0.717, 1.165) is 37.8 Å². The molecule has 0 bridgehead atoms. The lowest BCUT2D eigenvalue weighted by atomic mass is 9.78. The van der Waals surface area contributed by atoms with Gasteiger partial charge < -0.3 is 15.2 Å². The molecule has 1 aromatic rings. The molecule has 0 spiro atoms. The van der Waals surface area contributed by atoms with E-state index in [4.69, 9.17) is 15.2 Å². The quantitative estimate of drug-likeness (QED) is 0.853. The van der Waals surface area contributed by atoms with Crippen LogP contribution < -0.4 is 5.73 Å². The topological polar surface area (TPSA) is 44.5 Å². The zero-order chi connectivity index (χ0) is 15.7. The van der Waals surface area contributed by atoms with Crippen molar-refractivity contribution in [3.63, 3.8) is 0 Å². The largest absolute Gasteiger partial charge is 0.351 e. The molecule has 1 saturated heterocycles. The summed E-state index contributed by atoms with van der Waals surface area (Å²) in [7, 11) is 0. The molecular formula is C16H20F3NO2. The third-order valence-corrected chi connectivity index (χ3v) is 4.58. The summed E-state index contributed by atoms with van der Waals surface area (Å²) in [5.41, 5.74) is 6.24. The Balaban J connectivity index is 1.60. The van der Waals surface area contributed by atoms with Crippen molar-refractivity contribution >= 4 is 0 Å². The Morgan fingerprint density at radius 3 is 2.00 bits per heavy atom. The molecule has 22 heavy (non-hydrogen) atoms. The first-order valence-electron chi connectivity index (χ1n) is 7.68. The van der Waals surface area contributed by atoms with E-state index in [1.165, 1.54) is 0 Å². The summed E-state index contributed by atoms with van der Waals surface area (Å²) in [6.07, 6.45) is 3.04. The second-order valence-corrected chi connectivity index (χ2v) is 6.21. The van der Waals surface area contributed by atoms with E-state index in [2.05, 4.69) is 0 Å². The van der Waals surface area contributed by atoms with Crippen LogP contribution in [-0.2, 0) is 9.47 Å². The molecule has 2 aliphatic rings. The molecule has 1 aliphatic carbocycles. The fraction of sp³-hybridized carbons (Fsp3) is 0.625. The Bertz CT molecular complexity index is 501. The van der Waals surface area contributed by atoms with Crippen LogP contribution in [0.2, 0.25) is 0 Å². The summed E-state index contributed by atoms with van der Waals surface area (Å²) in [4.78, 5) is 0. The van der Waals surface area contributed by atoms with Crippen LogP contribution in [0.3, 0.4) is 0 Å². The monoisotopic (exact) mass is 315 g/mol. The minimum atomic E-state index is -1.40. The number of nitrogens with two attached hydrogens (primary N) is 1. The third kappa shape index (κ3) is 3.29. The van der Waals surface area contributed by atoms with E-state index >= 15 is 0 Å². The smallest absolute Gasteiger partial charge is 0.194 e. The van der Waals surface area contributed by atoms with E-state index < -0.39 is 17.5 Å². The lowest BCUT2D eigenvalue weighted by Crippen LogP contribution is -2.44. The van der Waals surface area contributed by atoms with Crippen molar-refractivity contribution in [2.24, 2.45) is 11.7 Å². The van der Waals surface area contributed by atoms with Gasteiger partial charge in [-0.15, -0.1) is 0 Å². The Morgan fingerprint density at radius 1 is 0.909 bits per heavy atom. The molecular weight excluding hydrogens is 295 g/mol. The number of halogens is 3. The second kappa shape index (κ2) is 6.56. The Hall–Kier alpha value is -1.11. The van der Waals surface area contributed by atoms with Crippen LogP contribution in [0.1, 0.15) is 37.2 Å². The first-order chi connectivity index (χ1) is 10.5. The van der Waals surface area contributed by atoms with Crippen molar-refractivity contribution in [3.8, 4) is 0 Å². The number of hydrogen-bond acceptors (Lipinski definition) is 3. The van der Waals surface area contributed by atoms with E-state index in [1.807, 2.05) is 0 Å². The molecule has 0 radical (unpaired) electrons. The molecule has 1 saturated carbocycles. The van der Waals surface area contributed by atoms with Crippen molar-refractivity contribution in [1.82, 2.24) is 0 Å². The second-order valence-electron chi connectivity index (χ2n) is 6.21. The SMILES string of the molecule is NC1COC(C2CCC(c3cc(F)c(F)c(F)c3)CC2)OC1. The first kappa shape index (κ1) is 15.8. The molecule has 3 rings (SSSR count). The van der Waals surface area contributed by atoms with Gasteiger partial charge in [0.2, 0.25) is 0 Å². The predicted octanol–water partition coefficient (Wildman–Crippen LogP) is 3.08. The van der Waals surface area contributed by atoms with E-state index in [1.54, 1.807) is 0 Å².